The van der Waals surface area contributed by atoms with Crippen LogP contribution < -0.4 is 10.6 Å². The normalized spacial score (nSPS) is 14.9. The Morgan fingerprint density at radius 1 is 1.26 bits per heavy atom. The molecule has 0 fully saturated rings. The molecule has 0 unspecified atom stereocenters. The predicted octanol–water partition coefficient (Wildman–Crippen LogP) is 3.60. The molecule has 0 aliphatic heterocycles. The Morgan fingerprint density at radius 3 is 2.78 bits per heavy atom. The van der Waals surface area contributed by atoms with Gasteiger partial charge in [0.15, 0.2) is 5.96 Å². The van der Waals surface area contributed by atoms with Crippen molar-refractivity contribution >= 4 is 40.8 Å². The Morgan fingerprint density at radius 2 is 2.04 bits per heavy atom. The van der Waals surface area contributed by atoms with Gasteiger partial charge in [-0.25, -0.2) is 0 Å². The Bertz CT molecular complexity index is 633. The first-order valence-corrected chi connectivity index (χ1v) is 8.11. The molecule has 4 nitrogen and oxygen atoms in total. The summed E-state index contributed by atoms with van der Waals surface area (Å²) in [4.78, 5) is 8.14. The molecule has 0 atom stereocenters. The maximum absolute atomic E-state index is 4.69. The zero-order chi connectivity index (χ0) is 15.2. The molecule has 1 aromatic carbocycles. The van der Waals surface area contributed by atoms with Gasteiger partial charge in [0.05, 0.1) is 0 Å². The number of benzene rings is 1. The molecule has 1 aliphatic carbocycles. The highest BCUT2D eigenvalue weighted by Gasteiger charge is 2.11. The lowest BCUT2D eigenvalue weighted by Gasteiger charge is -2.16. The van der Waals surface area contributed by atoms with E-state index in [0.29, 0.717) is 6.04 Å². The number of hydrogen-bond donors (Lipinski definition) is 3. The van der Waals surface area contributed by atoms with Crippen LogP contribution in [0.1, 0.15) is 25.5 Å². The number of fused-ring (bicyclic) bond motifs is 1. The number of rotatable bonds is 5. The van der Waals surface area contributed by atoms with E-state index in [4.69, 9.17) is 0 Å². The van der Waals surface area contributed by atoms with Gasteiger partial charge in [-0.1, -0.05) is 30.4 Å². The van der Waals surface area contributed by atoms with E-state index in [1.807, 2.05) is 0 Å². The van der Waals surface area contributed by atoms with Crippen LogP contribution in [-0.4, -0.2) is 30.1 Å². The monoisotopic (exact) mass is 424 g/mol. The van der Waals surface area contributed by atoms with Gasteiger partial charge < -0.3 is 15.6 Å². The van der Waals surface area contributed by atoms with Gasteiger partial charge in [0.25, 0.3) is 0 Å². The van der Waals surface area contributed by atoms with Crippen LogP contribution in [0.4, 0.5) is 0 Å². The predicted molar refractivity (Wildman–Crippen MR) is 109 cm³/mol. The Labute approximate surface area is 154 Å². The fourth-order valence-electron chi connectivity index (χ4n) is 2.80. The summed E-state index contributed by atoms with van der Waals surface area (Å²) >= 11 is 0. The Hall–Kier alpha value is -1.50. The van der Waals surface area contributed by atoms with Gasteiger partial charge in [0.2, 0.25) is 0 Å². The molecule has 0 spiro atoms. The zero-order valence-electron chi connectivity index (χ0n) is 13.5. The average molecular weight is 424 g/mol. The van der Waals surface area contributed by atoms with E-state index in [-0.39, 0.29) is 24.0 Å². The summed E-state index contributed by atoms with van der Waals surface area (Å²) in [5.74, 6) is 0.923. The van der Waals surface area contributed by atoms with Crippen molar-refractivity contribution in [1.82, 2.24) is 15.6 Å². The lowest BCUT2D eigenvalue weighted by atomic mass is 10.2. The molecule has 1 aliphatic rings. The molecule has 124 valence electrons. The molecule has 0 saturated carbocycles. The second-order valence-corrected chi connectivity index (χ2v) is 5.68. The van der Waals surface area contributed by atoms with Gasteiger partial charge in [0, 0.05) is 36.8 Å². The van der Waals surface area contributed by atoms with Crippen LogP contribution >= 0.6 is 24.0 Å². The quantitative estimate of drug-likeness (QED) is 0.297. The first kappa shape index (κ1) is 17.8. The van der Waals surface area contributed by atoms with Gasteiger partial charge in [-0.3, -0.25) is 4.99 Å². The number of aliphatic imine (C=N–C) groups is 1. The lowest BCUT2D eigenvalue weighted by Crippen LogP contribution is -2.42. The van der Waals surface area contributed by atoms with Crippen molar-refractivity contribution in [2.24, 2.45) is 4.99 Å². The van der Waals surface area contributed by atoms with E-state index in [9.17, 15) is 0 Å². The highest BCUT2D eigenvalue weighted by atomic mass is 127. The minimum absolute atomic E-state index is 0. The molecule has 2 aromatic rings. The number of H-pyrrole nitrogens is 1. The molecule has 0 bridgehead atoms. The minimum atomic E-state index is 0. The van der Waals surface area contributed by atoms with Crippen LogP contribution in [0.5, 0.6) is 0 Å². The van der Waals surface area contributed by atoms with E-state index in [0.717, 1.165) is 38.3 Å². The number of guanidine groups is 1. The number of hydrogen-bond acceptors (Lipinski definition) is 1. The largest absolute Gasteiger partial charge is 0.358 e. The van der Waals surface area contributed by atoms with Gasteiger partial charge in [-0.05, 0) is 37.3 Å². The van der Waals surface area contributed by atoms with Gasteiger partial charge in [0.1, 0.15) is 0 Å². The van der Waals surface area contributed by atoms with Crippen molar-refractivity contribution in [3.8, 4) is 0 Å². The maximum atomic E-state index is 4.69. The molecular weight excluding hydrogens is 399 g/mol. The number of nitrogens with one attached hydrogen (secondary N) is 3. The van der Waals surface area contributed by atoms with Crippen LogP contribution in [0.25, 0.3) is 10.9 Å². The second-order valence-electron chi connectivity index (χ2n) is 5.68. The molecule has 23 heavy (non-hydrogen) atoms. The molecule has 0 radical (unpaired) electrons. The van der Waals surface area contributed by atoms with Crippen LogP contribution in [0.2, 0.25) is 0 Å². The smallest absolute Gasteiger partial charge is 0.191 e. The number of halogens is 1. The lowest BCUT2D eigenvalue weighted by molar-refractivity contribution is 0.633. The standard InChI is InChI=1S/C18H24N4.HI/c1-2-19-18(22-15-8-4-5-9-15)20-12-11-16-13-14-7-3-6-10-17(14)21-16;/h3-7,10,13,15,21H,2,8-9,11-12H2,1H3,(H2,19,20,22);1H. The molecule has 1 aromatic heterocycles. The molecule has 0 saturated heterocycles. The van der Waals surface area contributed by atoms with E-state index in [1.54, 1.807) is 0 Å². The molecule has 0 amide bonds. The third-order valence-corrected chi connectivity index (χ3v) is 3.93. The van der Waals surface area contributed by atoms with Gasteiger partial charge in [-0.15, -0.1) is 24.0 Å². The molecule has 5 heteroatoms. The van der Waals surface area contributed by atoms with Crippen molar-refractivity contribution in [3.63, 3.8) is 0 Å². The van der Waals surface area contributed by atoms with E-state index in [1.165, 1.54) is 16.6 Å². The Kier molecular flexibility index (Phi) is 6.95. The number of para-hydroxylation sites is 1. The van der Waals surface area contributed by atoms with E-state index in [2.05, 4.69) is 70.0 Å². The fraction of sp³-hybridized carbons (Fsp3) is 0.389. The van der Waals surface area contributed by atoms with Crippen LogP contribution in [0, 0.1) is 0 Å². The molecular formula is C18H25IN4. The van der Waals surface area contributed by atoms with Gasteiger partial charge in [-0.2, -0.15) is 0 Å². The molecule has 3 N–H and O–H groups in total. The summed E-state index contributed by atoms with van der Waals surface area (Å²) in [7, 11) is 0. The third-order valence-electron chi connectivity index (χ3n) is 3.93. The van der Waals surface area contributed by atoms with Gasteiger partial charge >= 0.3 is 0 Å². The van der Waals surface area contributed by atoms with Crippen molar-refractivity contribution in [2.45, 2.75) is 32.2 Å². The van der Waals surface area contributed by atoms with Crippen molar-refractivity contribution in [2.75, 3.05) is 13.1 Å². The minimum Gasteiger partial charge on any atom is -0.358 e. The Balaban J connectivity index is 0.00000192. The first-order valence-electron chi connectivity index (χ1n) is 8.11. The first-order chi connectivity index (χ1) is 10.8. The maximum Gasteiger partial charge on any atom is 0.191 e. The average Bonchev–Trinajstić information content (AvgIpc) is 3.16. The zero-order valence-corrected chi connectivity index (χ0v) is 15.8. The summed E-state index contributed by atoms with van der Waals surface area (Å²) in [6.07, 6.45) is 7.56. The van der Waals surface area contributed by atoms with Crippen LogP contribution in [-0.2, 0) is 6.42 Å². The van der Waals surface area contributed by atoms with Crippen molar-refractivity contribution in [1.29, 1.82) is 0 Å². The SMILES string of the molecule is CCNC(=NCCc1cc2ccccc2[nH]1)NC1CC=CC1.I. The molecule has 1 heterocycles. The summed E-state index contributed by atoms with van der Waals surface area (Å²) in [6.45, 7) is 3.77. The number of aromatic nitrogens is 1. The number of aromatic amines is 1. The van der Waals surface area contributed by atoms with Crippen LogP contribution in [0.3, 0.4) is 0 Å². The summed E-state index contributed by atoms with van der Waals surface area (Å²) in [6, 6.07) is 11.1. The highest BCUT2D eigenvalue weighted by Crippen LogP contribution is 2.15. The van der Waals surface area contributed by atoms with E-state index >= 15 is 0 Å². The number of nitrogens with zero attached hydrogens (tertiary/aromatic N) is 1. The third kappa shape index (κ3) is 4.99. The second kappa shape index (κ2) is 8.96. The summed E-state index contributed by atoms with van der Waals surface area (Å²) in [5, 5.41) is 8.09. The van der Waals surface area contributed by atoms with Crippen molar-refractivity contribution in [3.05, 3.63) is 48.2 Å². The molecule has 3 rings (SSSR count). The van der Waals surface area contributed by atoms with E-state index < -0.39 is 0 Å². The topological polar surface area (TPSA) is 52.2 Å². The summed E-state index contributed by atoms with van der Waals surface area (Å²) < 4.78 is 0. The van der Waals surface area contributed by atoms with Crippen LogP contribution in [0.15, 0.2) is 47.5 Å². The fourth-order valence-corrected chi connectivity index (χ4v) is 2.80. The van der Waals surface area contributed by atoms with Crippen molar-refractivity contribution < 1.29 is 0 Å². The highest BCUT2D eigenvalue weighted by molar-refractivity contribution is 14.0. The summed E-state index contributed by atoms with van der Waals surface area (Å²) in [5.41, 5.74) is 2.44.